The van der Waals surface area contributed by atoms with E-state index < -0.39 is 0 Å². The monoisotopic (exact) mass is 236 g/mol. The van der Waals surface area contributed by atoms with E-state index in [9.17, 15) is 4.79 Å². The van der Waals surface area contributed by atoms with Crippen LogP contribution in [0, 0.1) is 0 Å². The summed E-state index contributed by atoms with van der Waals surface area (Å²) in [5.74, 6) is 0.553. The lowest BCUT2D eigenvalue weighted by Crippen LogP contribution is -2.08. The minimum atomic E-state index is -0.213. The van der Waals surface area contributed by atoms with Gasteiger partial charge in [0.1, 0.15) is 18.5 Å². The Morgan fingerprint density at radius 2 is 2.35 bits per heavy atom. The molecule has 1 aromatic rings. The standard InChI is InChI=1S/C13H16O4/c1-2-15-13(14)7-10-4-3-5-11(6-10)16-8-12-9-17-12/h3-6,12H,2,7-9H2,1H3. The highest BCUT2D eigenvalue weighted by Gasteiger charge is 2.23. The van der Waals surface area contributed by atoms with Gasteiger partial charge in [-0.25, -0.2) is 0 Å². The maximum absolute atomic E-state index is 11.3. The fourth-order valence-electron chi connectivity index (χ4n) is 1.48. The van der Waals surface area contributed by atoms with Crippen molar-refractivity contribution in [2.45, 2.75) is 19.4 Å². The number of esters is 1. The topological polar surface area (TPSA) is 48.1 Å². The van der Waals surface area contributed by atoms with Crippen LogP contribution < -0.4 is 4.74 Å². The normalized spacial score (nSPS) is 17.6. The van der Waals surface area contributed by atoms with Crippen LogP contribution in [0.2, 0.25) is 0 Å². The molecule has 1 aromatic carbocycles. The van der Waals surface area contributed by atoms with E-state index in [0.717, 1.165) is 17.9 Å². The van der Waals surface area contributed by atoms with E-state index in [4.69, 9.17) is 14.2 Å². The van der Waals surface area contributed by atoms with Gasteiger partial charge in [0.15, 0.2) is 0 Å². The zero-order valence-corrected chi connectivity index (χ0v) is 9.85. The molecule has 1 aliphatic heterocycles. The second kappa shape index (κ2) is 5.68. The fourth-order valence-corrected chi connectivity index (χ4v) is 1.48. The lowest BCUT2D eigenvalue weighted by atomic mass is 10.1. The van der Waals surface area contributed by atoms with Crippen molar-refractivity contribution in [3.63, 3.8) is 0 Å². The number of hydrogen-bond donors (Lipinski definition) is 0. The van der Waals surface area contributed by atoms with Crippen molar-refractivity contribution in [1.29, 1.82) is 0 Å². The number of hydrogen-bond acceptors (Lipinski definition) is 4. The summed E-state index contributed by atoms with van der Waals surface area (Å²) in [4.78, 5) is 11.3. The second-order valence-corrected chi connectivity index (χ2v) is 3.90. The van der Waals surface area contributed by atoms with Crippen molar-refractivity contribution in [1.82, 2.24) is 0 Å². The van der Waals surface area contributed by atoms with Gasteiger partial charge in [0.2, 0.25) is 0 Å². The molecule has 1 fully saturated rings. The van der Waals surface area contributed by atoms with Crippen LogP contribution in [0.15, 0.2) is 24.3 Å². The lowest BCUT2D eigenvalue weighted by Gasteiger charge is -2.06. The number of benzene rings is 1. The first-order valence-corrected chi connectivity index (χ1v) is 5.77. The summed E-state index contributed by atoms with van der Waals surface area (Å²) >= 11 is 0. The number of carbonyl (C=O) groups excluding carboxylic acids is 1. The minimum Gasteiger partial charge on any atom is -0.491 e. The van der Waals surface area contributed by atoms with Gasteiger partial charge < -0.3 is 14.2 Å². The lowest BCUT2D eigenvalue weighted by molar-refractivity contribution is -0.142. The van der Waals surface area contributed by atoms with Crippen molar-refractivity contribution >= 4 is 5.97 Å². The average Bonchev–Trinajstić information content (AvgIpc) is 3.11. The summed E-state index contributed by atoms with van der Waals surface area (Å²) in [6.45, 7) is 3.56. The van der Waals surface area contributed by atoms with E-state index in [1.165, 1.54) is 0 Å². The zero-order chi connectivity index (χ0) is 12.1. The number of epoxide rings is 1. The molecule has 0 saturated carbocycles. The van der Waals surface area contributed by atoms with Crippen molar-refractivity contribution in [2.24, 2.45) is 0 Å². The van der Waals surface area contributed by atoms with Gasteiger partial charge in [-0.3, -0.25) is 4.79 Å². The van der Waals surface area contributed by atoms with Gasteiger partial charge >= 0.3 is 5.97 Å². The van der Waals surface area contributed by atoms with Gasteiger partial charge in [0.25, 0.3) is 0 Å². The van der Waals surface area contributed by atoms with Gasteiger partial charge in [0.05, 0.1) is 19.6 Å². The maximum Gasteiger partial charge on any atom is 0.310 e. The summed E-state index contributed by atoms with van der Waals surface area (Å²) in [7, 11) is 0. The Bertz CT molecular complexity index is 385. The van der Waals surface area contributed by atoms with E-state index in [0.29, 0.717) is 13.2 Å². The first-order valence-electron chi connectivity index (χ1n) is 5.77. The SMILES string of the molecule is CCOC(=O)Cc1cccc(OCC2CO2)c1. The van der Waals surface area contributed by atoms with Crippen molar-refractivity contribution in [2.75, 3.05) is 19.8 Å². The zero-order valence-electron chi connectivity index (χ0n) is 9.85. The predicted octanol–water partition coefficient (Wildman–Crippen LogP) is 1.57. The third kappa shape index (κ3) is 4.07. The Balaban J connectivity index is 1.88. The summed E-state index contributed by atoms with van der Waals surface area (Å²) in [5, 5.41) is 0. The van der Waals surface area contributed by atoms with Crippen LogP contribution in [0.3, 0.4) is 0 Å². The van der Waals surface area contributed by atoms with Crippen molar-refractivity contribution in [3.8, 4) is 5.75 Å². The molecule has 0 aliphatic carbocycles. The molecule has 1 saturated heterocycles. The van der Waals surface area contributed by atoms with E-state index in [1.807, 2.05) is 24.3 Å². The molecule has 4 heteroatoms. The Morgan fingerprint density at radius 1 is 1.53 bits per heavy atom. The van der Waals surface area contributed by atoms with E-state index in [-0.39, 0.29) is 18.5 Å². The van der Waals surface area contributed by atoms with Crippen LogP contribution in [-0.2, 0) is 20.7 Å². The van der Waals surface area contributed by atoms with Crippen LogP contribution in [0.25, 0.3) is 0 Å². The van der Waals surface area contributed by atoms with Gasteiger partial charge in [-0.2, -0.15) is 0 Å². The Morgan fingerprint density at radius 3 is 3.06 bits per heavy atom. The first kappa shape index (κ1) is 11.9. The molecule has 0 aromatic heterocycles. The molecule has 1 aliphatic rings. The predicted molar refractivity (Wildman–Crippen MR) is 62.0 cm³/mol. The Labute approximate surface area is 100 Å². The second-order valence-electron chi connectivity index (χ2n) is 3.90. The number of ether oxygens (including phenoxy) is 3. The minimum absolute atomic E-state index is 0.213. The van der Waals surface area contributed by atoms with E-state index >= 15 is 0 Å². The van der Waals surface area contributed by atoms with Crippen LogP contribution in [-0.4, -0.2) is 31.9 Å². The number of rotatable bonds is 6. The van der Waals surface area contributed by atoms with Crippen LogP contribution >= 0.6 is 0 Å². The molecular weight excluding hydrogens is 220 g/mol. The summed E-state index contributed by atoms with van der Waals surface area (Å²) in [6.07, 6.45) is 0.522. The first-order chi connectivity index (χ1) is 8.28. The quantitative estimate of drug-likeness (QED) is 0.555. The molecule has 0 N–H and O–H groups in total. The molecule has 0 radical (unpaired) electrons. The van der Waals surface area contributed by atoms with Crippen molar-refractivity contribution < 1.29 is 19.0 Å². The smallest absolute Gasteiger partial charge is 0.310 e. The summed E-state index contributed by atoms with van der Waals surface area (Å²) < 4.78 is 15.5. The highest BCUT2D eigenvalue weighted by Crippen LogP contribution is 2.17. The molecule has 0 spiro atoms. The van der Waals surface area contributed by atoms with Crippen molar-refractivity contribution in [3.05, 3.63) is 29.8 Å². The third-order valence-corrected chi connectivity index (χ3v) is 2.39. The Hall–Kier alpha value is -1.55. The van der Waals surface area contributed by atoms with Gasteiger partial charge in [-0.1, -0.05) is 12.1 Å². The summed E-state index contributed by atoms with van der Waals surface area (Å²) in [5.41, 5.74) is 0.901. The molecule has 4 nitrogen and oxygen atoms in total. The summed E-state index contributed by atoms with van der Waals surface area (Å²) in [6, 6.07) is 7.49. The van der Waals surface area contributed by atoms with Crippen LogP contribution in [0.4, 0.5) is 0 Å². The molecule has 1 heterocycles. The molecule has 2 rings (SSSR count). The molecule has 1 unspecified atom stereocenters. The molecule has 0 amide bonds. The molecule has 92 valence electrons. The molecular formula is C13H16O4. The Kier molecular flexibility index (Phi) is 3.98. The largest absolute Gasteiger partial charge is 0.491 e. The van der Waals surface area contributed by atoms with Gasteiger partial charge in [-0.05, 0) is 24.6 Å². The maximum atomic E-state index is 11.3. The third-order valence-electron chi connectivity index (χ3n) is 2.39. The fraction of sp³-hybridized carbons (Fsp3) is 0.462. The van der Waals surface area contributed by atoms with Gasteiger partial charge in [0, 0.05) is 0 Å². The van der Waals surface area contributed by atoms with Gasteiger partial charge in [-0.15, -0.1) is 0 Å². The van der Waals surface area contributed by atoms with E-state index in [1.54, 1.807) is 6.92 Å². The number of carbonyl (C=O) groups is 1. The van der Waals surface area contributed by atoms with Crippen LogP contribution in [0.1, 0.15) is 12.5 Å². The molecule has 17 heavy (non-hydrogen) atoms. The molecule has 0 bridgehead atoms. The highest BCUT2D eigenvalue weighted by molar-refractivity contribution is 5.72. The molecule has 1 atom stereocenters. The average molecular weight is 236 g/mol. The van der Waals surface area contributed by atoms with Crippen LogP contribution in [0.5, 0.6) is 5.75 Å². The van der Waals surface area contributed by atoms with E-state index in [2.05, 4.69) is 0 Å². The highest BCUT2D eigenvalue weighted by atomic mass is 16.6.